The molecule has 0 N–H and O–H groups in total. The van der Waals surface area contributed by atoms with Gasteiger partial charge in [-0.25, -0.2) is 9.68 Å². The van der Waals surface area contributed by atoms with Crippen LogP contribution in [0.1, 0.15) is 54.0 Å². The summed E-state index contributed by atoms with van der Waals surface area (Å²) in [6, 6.07) is 14.4. The Morgan fingerprint density at radius 3 is 2.10 bits per heavy atom. The number of rotatable bonds is 3. The van der Waals surface area contributed by atoms with Gasteiger partial charge >= 0.3 is 0 Å². The molecule has 0 bridgehead atoms. The smallest absolute Gasteiger partial charge is 0.261 e. The van der Waals surface area contributed by atoms with Crippen LogP contribution in [0.3, 0.4) is 0 Å². The molecule has 3 aromatic rings. The number of pyridine rings is 1. The first-order valence-electron chi connectivity index (χ1n) is 10.2. The molecule has 158 valence electrons. The predicted molar refractivity (Wildman–Crippen MR) is 115 cm³/mol. The molecule has 1 saturated heterocycles. The van der Waals surface area contributed by atoms with Gasteiger partial charge in [-0.3, -0.25) is 19.5 Å². The quantitative estimate of drug-likeness (QED) is 0.593. The van der Waals surface area contributed by atoms with Crippen molar-refractivity contribution in [3.8, 4) is 0 Å². The Kier molecular flexibility index (Phi) is 4.19. The molecule has 0 unspecified atom stereocenters. The summed E-state index contributed by atoms with van der Waals surface area (Å²) in [6.45, 7) is 8.12. The highest BCUT2D eigenvalue weighted by Gasteiger charge is 2.50. The molecule has 2 aliphatic heterocycles. The van der Waals surface area contributed by atoms with E-state index in [1.165, 1.54) is 10.1 Å². The van der Waals surface area contributed by atoms with Crippen molar-refractivity contribution in [1.82, 2.24) is 9.88 Å². The van der Waals surface area contributed by atoms with E-state index in [1.807, 2.05) is 52.0 Å². The molecule has 2 aromatic carbocycles. The minimum atomic E-state index is -0.506. The average Bonchev–Trinajstić information content (AvgIpc) is 3.10. The van der Waals surface area contributed by atoms with E-state index in [-0.39, 0.29) is 18.4 Å². The number of hydrogen-bond donors (Lipinski definition) is 0. The number of carbonyl (C=O) groups excluding carboxylic acids is 2. The zero-order valence-electron chi connectivity index (χ0n) is 17.9. The van der Waals surface area contributed by atoms with Crippen LogP contribution in [-0.2, 0) is 16.2 Å². The van der Waals surface area contributed by atoms with Gasteiger partial charge in [0.1, 0.15) is 16.9 Å². The van der Waals surface area contributed by atoms with E-state index in [2.05, 4.69) is 4.98 Å². The van der Waals surface area contributed by atoms with E-state index in [0.29, 0.717) is 11.1 Å². The van der Waals surface area contributed by atoms with Crippen molar-refractivity contribution in [3.63, 3.8) is 0 Å². The van der Waals surface area contributed by atoms with Gasteiger partial charge in [0.25, 0.3) is 11.8 Å². The standard InChI is InChI=1S/C24H23N3O4/c1-23(2)24(3,4)31-27(30-23)20-11-12-25-19-13-15(9-10-18(19)20)14-26-21(28)16-7-5-6-8-17(16)22(26)29/h5-13H,14H2,1-4H3. The topological polar surface area (TPSA) is 72.0 Å². The van der Waals surface area contributed by atoms with Gasteiger partial charge in [-0.05, 0) is 57.5 Å². The fourth-order valence-corrected chi connectivity index (χ4v) is 3.75. The van der Waals surface area contributed by atoms with E-state index < -0.39 is 11.2 Å². The van der Waals surface area contributed by atoms with Gasteiger partial charge < -0.3 is 0 Å². The zero-order chi connectivity index (χ0) is 22.0. The Labute approximate surface area is 180 Å². The third-order valence-electron chi connectivity index (χ3n) is 6.27. The van der Waals surface area contributed by atoms with Gasteiger partial charge in [-0.1, -0.05) is 24.3 Å². The Morgan fingerprint density at radius 2 is 1.48 bits per heavy atom. The maximum atomic E-state index is 12.7. The second-order valence-electron chi connectivity index (χ2n) is 8.88. The number of carbonyl (C=O) groups is 2. The number of aromatic nitrogens is 1. The molecular weight excluding hydrogens is 394 g/mol. The summed E-state index contributed by atoms with van der Waals surface area (Å²) < 4.78 is 0. The molecule has 2 amide bonds. The molecule has 1 fully saturated rings. The third kappa shape index (κ3) is 3.00. The first-order valence-corrected chi connectivity index (χ1v) is 10.2. The van der Waals surface area contributed by atoms with Crippen LogP contribution < -0.4 is 5.23 Å². The molecule has 5 rings (SSSR count). The maximum Gasteiger partial charge on any atom is 0.261 e. The summed E-state index contributed by atoms with van der Waals surface area (Å²) in [6.07, 6.45) is 1.69. The Morgan fingerprint density at radius 1 is 0.871 bits per heavy atom. The summed E-state index contributed by atoms with van der Waals surface area (Å²) in [5.74, 6) is -0.545. The molecule has 7 nitrogen and oxygen atoms in total. The number of hydrogen-bond acceptors (Lipinski definition) is 6. The lowest BCUT2D eigenvalue weighted by Crippen LogP contribution is -2.41. The number of anilines is 1. The Hall–Kier alpha value is -3.29. The van der Waals surface area contributed by atoms with Crippen LogP contribution >= 0.6 is 0 Å². The largest absolute Gasteiger partial charge is 0.270 e. The first-order chi connectivity index (χ1) is 14.7. The van der Waals surface area contributed by atoms with Gasteiger partial charge in [0.2, 0.25) is 0 Å². The zero-order valence-corrected chi connectivity index (χ0v) is 17.9. The molecule has 0 atom stereocenters. The molecule has 1 aromatic heterocycles. The highest BCUT2D eigenvalue weighted by atomic mass is 17.0. The molecule has 3 heterocycles. The predicted octanol–water partition coefficient (Wildman–Crippen LogP) is 4.27. The lowest BCUT2D eigenvalue weighted by atomic mass is 9.90. The SMILES string of the molecule is CC1(C)ON(c2ccnc3cc(CN4C(=O)c5ccccc5C4=O)ccc23)OC1(C)C. The molecule has 0 spiro atoms. The molecular formula is C24H23N3O4. The Bertz CT molecular complexity index is 1180. The van der Waals surface area contributed by atoms with Crippen molar-refractivity contribution in [2.24, 2.45) is 0 Å². The summed E-state index contributed by atoms with van der Waals surface area (Å²) in [4.78, 5) is 43.2. The van der Waals surface area contributed by atoms with Crippen molar-refractivity contribution >= 4 is 28.4 Å². The summed E-state index contributed by atoms with van der Waals surface area (Å²) in [5, 5.41) is 2.30. The van der Waals surface area contributed by atoms with Crippen molar-refractivity contribution in [2.75, 3.05) is 5.23 Å². The normalized spacial score (nSPS) is 19.4. The molecule has 7 heteroatoms. The minimum Gasteiger partial charge on any atom is -0.270 e. The van der Waals surface area contributed by atoms with Crippen LogP contribution in [0.5, 0.6) is 0 Å². The molecule has 0 radical (unpaired) electrons. The summed E-state index contributed by atoms with van der Waals surface area (Å²) in [5.41, 5.74) is 2.17. The van der Waals surface area contributed by atoms with Crippen LogP contribution in [0.15, 0.2) is 54.7 Å². The monoisotopic (exact) mass is 417 g/mol. The summed E-state index contributed by atoms with van der Waals surface area (Å²) in [7, 11) is 0. The highest BCUT2D eigenvalue weighted by Crippen LogP contribution is 2.41. The van der Waals surface area contributed by atoms with Gasteiger partial charge in [0.05, 0.1) is 23.2 Å². The molecule has 2 aliphatic rings. The lowest BCUT2D eigenvalue weighted by molar-refractivity contribution is -0.0266. The van der Waals surface area contributed by atoms with Crippen molar-refractivity contribution < 1.29 is 19.3 Å². The number of nitrogens with zero attached hydrogens (tertiary/aromatic N) is 3. The first kappa shape index (κ1) is 19.7. The van der Waals surface area contributed by atoms with Gasteiger partial charge in [0, 0.05) is 11.6 Å². The third-order valence-corrected chi connectivity index (χ3v) is 6.27. The Balaban J connectivity index is 1.45. The van der Waals surface area contributed by atoms with Crippen molar-refractivity contribution in [2.45, 2.75) is 45.4 Å². The fraction of sp³-hybridized carbons (Fsp3) is 0.292. The van der Waals surface area contributed by atoms with E-state index in [9.17, 15) is 9.59 Å². The molecule has 31 heavy (non-hydrogen) atoms. The van der Waals surface area contributed by atoms with Gasteiger partial charge in [0.15, 0.2) is 0 Å². The highest BCUT2D eigenvalue weighted by molar-refractivity contribution is 6.21. The van der Waals surface area contributed by atoms with Crippen molar-refractivity contribution in [3.05, 3.63) is 71.4 Å². The second-order valence-corrected chi connectivity index (χ2v) is 8.88. The molecule has 0 aliphatic carbocycles. The lowest BCUT2D eigenvalue weighted by Gasteiger charge is -2.26. The number of fused-ring (bicyclic) bond motifs is 2. The van der Waals surface area contributed by atoms with Crippen LogP contribution in [0.2, 0.25) is 0 Å². The number of imide groups is 1. The van der Waals surface area contributed by atoms with E-state index in [4.69, 9.17) is 9.68 Å². The van der Waals surface area contributed by atoms with Gasteiger partial charge in [-0.2, -0.15) is 0 Å². The van der Waals surface area contributed by atoms with E-state index in [1.54, 1.807) is 30.5 Å². The average molecular weight is 417 g/mol. The minimum absolute atomic E-state index is 0.185. The maximum absolute atomic E-state index is 12.7. The number of amides is 2. The van der Waals surface area contributed by atoms with Crippen LogP contribution in [0.4, 0.5) is 5.69 Å². The summed E-state index contributed by atoms with van der Waals surface area (Å²) >= 11 is 0. The van der Waals surface area contributed by atoms with E-state index >= 15 is 0 Å². The van der Waals surface area contributed by atoms with Gasteiger partial charge in [-0.15, -0.1) is 5.23 Å². The van der Waals surface area contributed by atoms with Crippen LogP contribution in [0, 0.1) is 0 Å². The van der Waals surface area contributed by atoms with Crippen molar-refractivity contribution in [1.29, 1.82) is 0 Å². The molecule has 0 saturated carbocycles. The van der Waals surface area contributed by atoms with Crippen LogP contribution in [0.25, 0.3) is 10.9 Å². The fourth-order valence-electron chi connectivity index (χ4n) is 3.75. The van der Waals surface area contributed by atoms with E-state index in [0.717, 1.165) is 22.2 Å². The number of benzene rings is 2. The van der Waals surface area contributed by atoms with Crippen LogP contribution in [-0.4, -0.2) is 32.9 Å². The second kappa shape index (κ2) is 6.60.